The number of aliphatic carboxylic acids is 1. The molecule has 0 aromatic heterocycles. The quantitative estimate of drug-likeness (QED) is 0.710. The summed E-state index contributed by atoms with van der Waals surface area (Å²) < 4.78 is 19.5. The van der Waals surface area contributed by atoms with E-state index in [0.717, 1.165) is 16.7 Å². The number of ether oxygens (including phenoxy) is 1. The van der Waals surface area contributed by atoms with Crippen molar-refractivity contribution in [2.45, 2.75) is 13.0 Å². The van der Waals surface area contributed by atoms with Crippen molar-refractivity contribution in [3.63, 3.8) is 0 Å². The van der Waals surface area contributed by atoms with E-state index in [2.05, 4.69) is 0 Å². The second kappa shape index (κ2) is 7.62. The summed E-state index contributed by atoms with van der Waals surface area (Å²) in [4.78, 5) is 10.9. The van der Waals surface area contributed by atoms with Gasteiger partial charge in [-0.2, -0.15) is 0 Å². The molecule has 0 amide bonds. The lowest BCUT2D eigenvalue weighted by molar-refractivity contribution is -0.136. The van der Waals surface area contributed by atoms with Crippen molar-refractivity contribution < 1.29 is 19.0 Å². The fourth-order valence-corrected chi connectivity index (χ4v) is 2.56. The summed E-state index contributed by atoms with van der Waals surface area (Å²) in [6.45, 7) is 0.456. The Balaban J connectivity index is 1.80. The standard InChI is InChI=1S/C21H17FO3/c22-20-10-9-17(11-18(20)13-21(23)24)16-7-4-8-19(12-16)25-14-15-5-2-1-3-6-15/h1-12H,13-14H2,(H,23,24). The average molecular weight is 336 g/mol. The maximum atomic E-state index is 13.7. The zero-order valence-corrected chi connectivity index (χ0v) is 13.5. The lowest BCUT2D eigenvalue weighted by Crippen LogP contribution is -2.02. The second-order valence-corrected chi connectivity index (χ2v) is 5.68. The third-order valence-corrected chi connectivity index (χ3v) is 3.80. The van der Waals surface area contributed by atoms with Crippen LogP contribution in [0.2, 0.25) is 0 Å². The maximum Gasteiger partial charge on any atom is 0.307 e. The molecule has 0 aliphatic heterocycles. The monoisotopic (exact) mass is 336 g/mol. The van der Waals surface area contributed by atoms with E-state index >= 15 is 0 Å². The van der Waals surface area contributed by atoms with E-state index in [-0.39, 0.29) is 12.0 Å². The number of rotatable bonds is 6. The molecule has 1 N–H and O–H groups in total. The molecule has 3 aromatic rings. The van der Waals surface area contributed by atoms with Crippen LogP contribution >= 0.6 is 0 Å². The highest BCUT2D eigenvalue weighted by Crippen LogP contribution is 2.26. The fourth-order valence-electron chi connectivity index (χ4n) is 2.56. The predicted molar refractivity (Wildman–Crippen MR) is 93.9 cm³/mol. The van der Waals surface area contributed by atoms with E-state index in [9.17, 15) is 9.18 Å². The number of carboxylic acids is 1. The highest BCUT2D eigenvalue weighted by Gasteiger charge is 2.09. The highest BCUT2D eigenvalue weighted by atomic mass is 19.1. The molecule has 3 aromatic carbocycles. The van der Waals surface area contributed by atoms with Gasteiger partial charge in [0.25, 0.3) is 0 Å². The minimum Gasteiger partial charge on any atom is -0.489 e. The number of benzene rings is 3. The summed E-state index contributed by atoms with van der Waals surface area (Å²) in [6.07, 6.45) is -0.343. The molecule has 25 heavy (non-hydrogen) atoms. The molecular weight excluding hydrogens is 319 g/mol. The summed E-state index contributed by atoms with van der Waals surface area (Å²) in [5, 5.41) is 8.89. The number of carbonyl (C=O) groups is 1. The molecule has 0 unspecified atom stereocenters. The first kappa shape index (κ1) is 16.7. The molecule has 0 radical (unpaired) electrons. The molecule has 0 atom stereocenters. The van der Waals surface area contributed by atoms with Gasteiger partial charge in [-0.15, -0.1) is 0 Å². The predicted octanol–water partition coefficient (Wildman–Crippen LogP) is 4.70. The smallest absolute Gasteiger partial charge is 0.307 e. The molecule has 0 saturated carbocycles. The Morgan fingerprint density at radius 1 is 0.920 bits per heavy atom. The van der Waals surface area contributed by atoms with Gasteiger partial charge in [-0.3, -0.25) is 4.79 Å². The van der Waals surface area contributed by atoms with Gasteiger partial charge in [0, 0.05) is 0 Å². The molecule has 3 nitrogen and oxygen atoms in total. The summed E-state index contributed by atoms with van der Waals surface area (Å²) in [6, 6.07) is 21.8. The van der Waals surface area contributed by atoms with Gasteiger partial charge in [0.1, 0.15) is 18.2 Å². The van der Waals surface area contributed by atoms with Crippen LogP contribution in [-0.2, 0) is 17.8 Å². The van der Waals surface area contributed by atoms with E-state index in [0.29, 0.717) is 12.4 Å². The van der Waals surface area contributed by atoms with E-state index in [1.807, 2.05) is 54.6 Å². The van der Waals surface area contributed by atoms with Crippen LogP contribution in [0.4, 0.5) is 4.39 Å². The molecule has 4 heteroatoms. The zero-order valence-electron chi connectivity index (χ0n) is 13.5. The molecule has 0 fully saturated rings. The number of hydrogen-bond donors (Lipinski definition) is 1. The van der Waals surface area contributed by atoms with Crippen molar-refractivity contribution in [2.24, 2.45) is 0 Å². The molecule has 0 spiro atoms. The number of carboxylic acid groups (broad SMARTS) is 1. The molecular formula is C21H17FO3. The minimum atomic E-state index is -1.06. The van der Waals surface area contributed by atoms with Crippen LogP contribution in [-0.4, -0.2) is 11.1 Å². The third-order valence-electron chi connectivity index (χ3n) is 3.80. The first-order valence-corrected chi connectivity index (χ1v) is 7.89. The van der Waals surface area contributed by atoms with Crippen LogP contribution in [0.15, 0.2) is 72.8 Å². The molecule has 0 saturated heterocycles. The van der Waals surface area contributed by atoms with Crippen molar-refractivity contribution in [3.05, 3.63) is 89.7 Å². The van der Waals surface area contributed by atoms with Gasteiger partial charge >= 0.3 is 5.97 Å². The Bertz CT molecular complexity index is 875. The summed E-state index contributed by atoms with van der Waals surface area (Å²) in [7, 11) is 0. The Hall–Kier alpha value is -3.14. The van der Waals surface area contributed by atoms with Crippen LogP contribution < -0.4 is 4.74 Å². The van der Waals surface area contributed by atoms with Crippen molar-refractivity contribution in [3.8, 4) is 16.9 Å². The van der Waals surface area contributed by atoms with Crippen LogP contribution in [0.1, 0.15) is 11.1 Å². The summed E-state index contributed by atoms with van der Waals surface area (Å²) in [5.41, 5.74) is 2.83. The lowest BCUT2D eigenvalue weighted by atomic mass is 10.0. The fraction of sp³-hybridized carbons (Fsp3) is 0.0952. The molecule has 0 aliphatic rings. The van der Waals surface area contributed by atoms with Gasteiger partial charge in [-0.25, -0.2) is 4.39 Å². The van der Waals surface area contributed by atoms with Gasteiger partial charge in [0.15, 0.2) is 0 Å². The van der Waals surface area contributed by atoms with Crippen LogP contribution in [0.3, 0.4) is 0 Å². The Morgan fingerprint density at radius 2 is 1.68 bits per heavy atom. The van der Waals surface area contributed by atoms with Crippen molar-refractivity contribution in [2.75, 3.05) is 0 Å². The first-order valence-electron chi connectivity index (χ1n) is 7.89. The van der Waals surface area contributed by atoms with Gasteiger partial charge in [0.05, 0.1) is 6.42 Å². The molecule has 3 rings (SSSR count). The zero-order chi connectivity index (χ0) is 17.6. The van der Waals surface area contributed by atoms with Gasteiger partial charge in [-0.05, 0) is 46.5 Å². The summed E-state index contributed by atoms with van der Waals surface area (Å²) in [5.74, 6) is -0.871. The topological polar surface area (TPSA) is 46.5 Å². The van der Waals surface area contributed by atoms with Crippen LogP contribution in [0.5, 0.6) is 5.75 Å². The number of halogens is 1. The van der Waals surface area contributed by atoms with Crippen LogP contribution in [0, 0.1) is 5.82 Å². The molecule has 126 valence electrons. The van der Waals surface area contributed by atoms with Crippen molar-refractivity contribution >= 4 is 5.97 Å². The normalized spacial score (nSPS) is 10.4. The van der Waals surface area contributed by atoms with Gasteiger partial charge < -0.3 is 9.84 Å². The Labute approximate surface area is 145 Å². The first-order chi connectivity index (χ1) is 12.1. The third kappa shape index (κ3) is 4.44. The Kier molecular flexibility index (Phi) is 5.09. The van der Waals surface area contributed by atoms with E-state index < -0.39 is 11.8 Å². The molecule has 0 heterocycles. The number of hydrogen-bond acceptors (Lipinski definition) is 2. The van der Waals surface area contributed by atoms with Crippen molar-refractivity contribution in [1.82, 2.24) is 0 Å². The van der Waals surface area contributed by atoms with Crippen LogP contribution in [0.25, 0.3) is 11.1 Å². The lowest BCUT2D eigenvalue weighted by Gasteiger charge is -2.10. The molecule has 0 aliphatic carbocycles. The maximum absolute atomic E-state index is 13.7. The average Bonchev–Trinajstić information content (AvgIpc) is 2.62. The van der Waals surface area contributed by atoms with Gasteiger partial charge in [-0.1, -0.05) is 48.5 Å². The van der Waals surface area contributed by atoms with E-state index in [1.165, 1.54) is 6.07 Å². The highest BCUT2D eigenvalue weighted by molar-refractivity contribution is 5.72. The second-order valence-electron chi connectivity index (χ2n) is 5.68. The largest absolute Gasteiger partial charge is 0.489 e. The Morgan fingerprint density at radius 3 is 2.44 bits per heavy atom. The minimum absolute atomic E-state index is 0.167. The summed E-state index contributed by atoms with van der Waals surface area (Å²) >= 11 is 0. The SMILES string of the molecule is O=C(O)Cc1cc(-c2cccc(OCc3ccccc3)c2)ccc1F. The van der Waals surface area contributed by atoms with E-state index in [1.54, 1.807) is 12.1 Å². The van der Waals surface area contributed by atoms with Gasteiger partial charge in [0.2, 0.25) is 0 Å². The van der Waals surface area contributed by atoms with E-state index in [4.69, 9.17) is 9.84 Å². The van der Waals surface area contributed by atoms with Crippen molar-refractivity contribution in [1.29, 1.82) is 0 Å². The molecule has 0 bridgehead atoms.